The minimum atomic E-state index is 0.201. The summed E-state index contributed by atoms with van der Waals surface area (Å²) in [4.78, 5) is 0. The highest BCUT2D eigenvalue weighted by molar-refractivity contribution is 9.10. The molecule has 0 aromatic heterocycles. The highest BCUT2D eigenvalue weighted by Gasteiger charge is 2.13. The van der Waals surface area contributed by atoms with E-state index in [4.69, 9.17) is 0 Å². The molecular formula is C14H21Br. The summed E-state index contributed by atoms with van der Waals surface area (Å²) in [6, 6.07) is 9.02. The topological polar surface area (TPSA) is 0 Å². The van der Waals surface area contributed by atoms with E-state index in [1.807, 2.05) is 0 Å². The van der Waals surface area contributed by atoms with E-state index in [9.17, 15) is 0 Å². The minimum Gasteiger partial charge on any atom is -0.0856 e. The van der Waals surface area contributed by atoms with Gasteiger partial charge in [-0.05, 0) is 43.7 Å². The molecule has 0 N–H and O–H groups in total. The second-order valence-corrected chi connectivity index (χ2v) is 7.46. The van der Waals surface area contributed by atoms with Crippen LogP contribution in [0.1, 0.15) is 38.8 Å². The van der Waals surface area contributed by atoms with Gasteiger partial charge in [-0.15, -0.1) is 0 Å². The van der Waals surface area contributed by atoms with Gasteiger partial charge in [-0.2, -0.15) is 0 Å². The molecule has 0 heterocycles. The van der Waals surface area contributed by atoms with Crippen molar-refractivity contribution in [2.45, 2.75) is 44.9 Å². The van der Waals surface area contributed by atoms with Crippen molar-refractivity contribution in [3.63, 3.8) is 0 Å². The van der Waals surface area contributed by atoms with E-state index in [1.54, 1.807) is 0 Å². The van der Waals surface area contributed by atoms with Crippen LogP contribution in [0.5, 0.6) is 0 Å². The number of benzene rings is 1. The molecule has 0 amide bonds. The third-order valence-corrected chi connectivity index (χ3v) is 2.57. The normalized spacial score (nSPS) is 12.1. The molecule has 1 rings (SSSR count). The Balaban J connectivity index is 2.64. The first-order chi connectivity index (χ1) is 6.87. The predicted octanol–water partition coefficient (Wildman–Crippen LogP) is 4.60. The number of halogens is 1. The van der Waals surface area contributed by atoms with Gasteiger partial charge in [0.2, 0.25) is 0 Å². The summed E-state index contributed by atoms with van der Waals surface area (Å²) < 4.78 is 0.201. The van der Waals surface area contributed by atoms with Crippen molar-refractivity contribution in [2.24, 2.45) is 5.92 Å². The largest absolute Gasteiger partial charge is 0.0856 e. The van der Waals surface area contributed by atoms with Crippen LogP contribution in [0.4, 0.5) is 0 Å². The van der Waals surface area contributed by atoms with E-state index in [-0.39, 0.29) is 4.32 Å². The molecule has 0 nitrogen and oxygen atoms in total. The number of hydrogen-bond donors (Lipinski definition) is 0. The molecular weight excluding hydrogens is 248 g/mol. The Morgan fingerprint density at radius 1 is 1.07 bits per heavy atom. The lowest BCUT2D eigenvalue weighted by Crippen LogP contribution is -2.13. The maximum absolute atomic E-state index is 3.67. The van der Waals surface area contributed by atoms with Gasteiger partial charge >= 0.3 is 0 Å². The summed E-state index contributed by atoms with van der Waals surface area (Å²) in [7, 11) is 0. The first-order valence-electron chi connectivity index (χ1n) is 5.63. The van der Waals surface area contributed by atoms with Crippen LogP contribution in [0.3, 0.4) is 0 Å². The molecule has 0 unspecified atom stereocenters. The van der Waals surface area contributed by atoms with Crippen LogP contribution < -0.4 is 0 Å². The minimum absolute atomic E-state index is 0.201. The molecule has 0 bridgehead atoms. The number of hydrogen-bond acceptors (Lipinski definition) is 0. The van der Waals surface area contributed by atoms with Crippen molar-refractivity contribution in [2.75, 3.05) is 0 Å². The molecule has 0 spiro atoms. The molecule has 84 valence electrons. The Hall–Kier alpha value is -0.300. The fourth-order valence-corrected chi connectivity index (χ4v) is 2.07. The van der Waals surface area contributed by atoms with Gasteiger partial charge < -0.3 is 0 Å². The fraction of sp³-hybridized carbons (Fsp3) is 0.571. The van der Waals surface area contributed by atoms with Gasteiger partial charge in [0, 0.05) is 4.32 Å². The van der Waals surface area contributed by atoms with Crippen LogP contribution in [0.15, 0.2) is 24.3 Å². The van der Waals surface area contributed by atoms with Crippen molar-refractivity contribution in [3.8, 4) is 0 Å². The lowest BCUT2D eigenvalue weighted by atomic mass is 9.98. The van der Waals surface area contributed by atoms with Gasteiger partial charge in [0.25, 0.3) is 0 Å². The van der Waals surface area contributed by atoms with Crippen LogP contribution in [0.25, 0.3) is 0 Å². The molecule has 0 aliphatic carbocycles. The smallest absolute Gasteiger partial charge is 0.0242 e. The molecule has 0 aliphatic rings. The van der Waals surface area contributed by atoms with Crippen LogP contribution in [0.2, 0.25) is 0 Å². The van der Waals surface area contributed by atoms with Crippen molar-refractivity contribution in [3.05, 3.63) is 35.4 Å². The highest BCUT2D eigenvalue weighted by Crippen LogP contribution is 2.22. The molecule has 15 heavy (non-hydrogen) atoms. The van der Waals surface area contributed by atoms with Gasteiger partial charge in [-0.1, -0.05) is 54.0 Å². The van der Waals surface area contributed by atoms with Crippen LogP contribution >= 0.6 is 15.9 Å². The third-order valence-electron chi connectivity index (χ3n) is 2.29. The highest BCUT2D eigenvalue weighted by atomic mass is 79.9. The van der Waals surface area contributed by atoms with Crippen molar-refractivity contribution < 1.29 is 0 Å². The predicted molar refractivity (Wildman–Crippen MR) is 71.7 cm³/mol. The molecule has 1 heteroatoms. The molecule has 0 saturated carbocycles. The molecule has 0 aliphatic heterocycles. The van der Waals surface area contributed by atoms with E-state index >= 15 is 0 Å². The summed E-state index contributed by atoms with van der Waals surface area (Å²) in [6.45, 7) is 8.93. The molecule has 0 radical (unpaired) electrons. The van der Waals surface area contributed by atoms with Gasteiger partial charge in [0.15, 0.2) is 0 Å². The Morgan fingerprint density at radius 3 is 1.93 bits per heavy atom. The van der Waals surface area contributed by atoms with Crippen molar-refractivity contribution in [1.82, 2.24) is 0 Å². The summed E-state index contributed by atoms with van der Waals surface area (Å²) in [6.07, 6.45) is 2.26. The zero-order chi connectivity index (χ0) is 11.5. The van der Waals surface area contributed by atoms with E-state index in [1.165, 1.54) is 17.5 Å². The summed E-state index contributed by atoms with van der Waals surface area (Å²) in [5.41, 5.74) is 2.85. The molecule has 0 atom stereocenters. The first-order valence-corrected chi connectivity index (χ1v) is 6.43. The van der Waals surface area contributed by atoms with Gasteiger partial charge in [-0.3, -0.25) is 0 Å². The van der Waals surface area contributed by atoms with E-state index in [0.29, 0.717) is 0 Å². The van der Waals surface area contributed by atoms with Crippen LogP contribution in [0, 0.1) is 5.92 Å². The van der Waals surface area contributed by atoms with Crippen LogP contribution in [-0.2, 0) is 12.8 Å². The average Bonchev–Trinajstić information content (AvgIpc) is 2.05. The van der Waals surface area contributed by atoms with Crippen molar-refractivity contribution in [1.29, 1.82) is 0 Å². The SMILES string of the molecule is CC(C)Cc1ccc(CC(C)(C)Br)cc1. The molecule has 0 saturated heterocycles. The molecule has 0 fully saturated rings. The standard InChI is InChI=1S/C14H21Br/c1-11(2)9-12-5-7-13(8-6-12)10-14(3,4)15/h5-8,11H,9-10H2,1-4H3. The zero-order valence-electron chi connectivity index (χ0n) is 10.2. The van der Waals surface area contributed by atoms with E-state index in [0.717, 1.165) is 12.3 Å². The zero-order valence-corrected chi connectivity index (χ0v) is 11.8. The number of alkyl halides is 1. The fourth-order valence-electron chi connectivity index (χ4n) is 1.75. The average molecular weight is 269 g/mol. The molecule has 1 aromatic rings. The molecule has 1 aromatic carbocycles. The quantitative estimate of drug-likeness (QED) is 0.701. The van der Waals surface area contributed by atoms with Crippen LogP contribution in [-0.4, -0.2) is 4.32 Å². The number of rotatable bonds is 4. The Bertz CT molecular complexity index is 290. The van der Waals surface area contributed by atoms with Gasteiger partial charge in [0.1, 0.15) is 0 Å². The second kappa shape index (κ2) is 5.16. The third kappa shape index (κ3) is 5.36. The van der Waals surface area contributed by atoms with Crippen molar-refractivity contribution >= 4 is 15.9 Å². The van der Waals surface area contributed by atoms with E-state index in [2.05, 4.69) is 67.9 Å². The second-order valence-electron chi connectivity index (χ2n) is 5.31. The Kier molecular flexibility index (Phi) is 4.39. The summed E-state index contributed by atoms with van der Waals surface area (Å²) in [5, 5.41) is 0. The maximum atomic E-state index is 3.67. The maximum Gasteiger partial charge on any atom is 0.0242 e. The first kappa shape index (κ1) is 12.8. The Morgan fingerprint density at radius 2 is 1.53 bits per heavy atom. The van der Waals surface area contributed by atoms with Gasteiger partial charge in [0.05, 0.1) is 0 Å². The Labute approximate surface area is 102 Å². The monoisotopic (exact) mass is 268 g/mol. The van der Waals surface area contributed by atoms with Gasteiger partial charge in [-0.25, -0.2) is 0 Å². The lowest BCUT2D eigenvalue weighted by Gasteiger charge is -2.16. The summed E-state index contributed by atoms with van der Waals surface area (Å²) >= 11 is 3.67. The van der Waals surface area contributed by atoms with E-state index < -0.39 is 0 Å². The lowest BCUT2D eigenvalue weighted by molar-refractivity contribution is 0.646. The summed E-state index contributed by atoms with van der Waals surface area (Å²) in [5.74, 6) is 0.739.